The molecular formula is C24H33LiO2P. The number of carbonyl (C=O) groups is 1. The van der Waals surface area contributed by atoms with Gasteiger partial charge in [0.15, 0.2) is 5.52 Å². The van der Waals surface area contributed by atoms with Crippen molar-refractivity contribution in [1.29, 1.82) is 0 Å². The van der Waals surface area contributed by atoms with Crippen LogP contribution in [-0.2, 0) is 5.41 Å². The van der Waals surface area contributed by atoms with Gasteiger partial charge in [-0.3, -0.25) is 4.79 Å². The molecule has 0 amide bonds. The van der Waals surface area contributed by atoms with Crippen LogP contribution in [-0.4, -0.2) is 31.0 Å². The van der Waals surface area contributed by atoms with Gasteiger partial charge in [-0.25, -0.2) is 0 Å². The summed E-state index contributed by atoms with van der Waals surface area (Å²) in [6, 6.07) is 10.4. The summed E-state index contributed by atoms with van der Waals surface area (Å²) < 4.78 is 5.77. The molecule has 0 saturated carbocycles. The fourth-order valence-corrected chi connectivity index (χ4v) is 4.34. The van der Waals surface area contributed by atoms with Gasteiger partial charge >= 0.3 is 0 Å². The van der Waals surface area contributed by atoms with Crippen molar-refractivity contribution < 1.29 is 9.53 Å². The maximum atomic E-state index is 13.0. The number of hydrogen-bond donors (Lipinski definition) is 0. The molecule has 0 fully saturated rings. The molecule has 147 valence electrons. The second kappa shape index (κ2) is 10.6. The topological polar surface area (TPSA) is 26.3 Å². The molecule has 0 N–H and O–H groups in total. The van der Waals surface area contributed by atoms with Crippen LogP contribution in [0.2, 0.25) is 0 Å². The Labute approximate surface area is 184 Å². The molecule has 0 saturated heterocycles. The first-order valence-electron chi connectivity index (χ1n) is 9.80. The van der Waals surface area contributed by atoms with E-state index in [9.17, 15) is 4.79 Å². The Hall–Kier alpha value is -1.06. The minimum Gasteiger partial charge on any atom is -0.494 e. The second-order valence-electron chi connectivity index (χ2n) is 8.37. The first kappa shape index (κ1) is 25.0. The minimum atomic E-state index is 0. The summed E-state index contributed by atoms with van der Waals surface area (Å²) in [5, 5.41) is 1.10. The summed E-state index contributed by atoms with van der Waals surface area (Å²) in [6.45, 7) is 15.7. The van der Waals surface area contributed by atoms with E-state index in [1.807, 2.05) is 18.2 Å². The van der Waals surface area contributed by atoms with Gasteiger partial charge in [-0.05, 0) is 80.9 Å². The molecule has 28 heavy (non-hydrogen) atoms. The summed E-state index contributed by atoms with van der Waals surface area (Å²) >= 11 is 0. The predicted octanol–water partition coefficient (Wildman–Crippen LogP) is 5.85. The molecule has 1 radical (unpaired) electrons. The van der Waals surface area contributed by atoms with Crippen LogP contribution in [0.3, 0.4) is 0 Å². The van der Waals surface area contributed by atoms with E-state index in [0.717, 1.165) is 52.8 Å². The van der Waals surface area contributed by atoms with Crippen LogP contribution in [0.25, 0.3) is 0 Å². The normalized spacial score (nSPS) is 11.5. The Kier molecular flexibility index (Phi) is 9.49. The third-order valence-electron chi connectivity index (χ3n) is 4.84. The number of aryl methyl sites for hydroxylation is 3. The smallest absolute Gasteiger partial charge is 0.186 e. The maximum Gasteiger partial charge on any atom is 0.186 e. The van der Waals surface area contributed by atoms with Gasteiger partial charge in [0, 0.05) is 24.4 Å². The van der Waals surface area contributed by atoms with Gasteiger partial charge in [-0.1, -0.05) is 52.3 Å². The zero-order chi connectivity index (χ0) is 20.2. The molecule has 0 bridgehead atoms. The maximum absolute atomic E-state index is 13.0. The standard InChI is InChI=1S/C24H33O2P.Li/c1-8-9-12-26-20-10-11-21(16(2)15-20)27-23(25)22-17(3)13-19(14-18(22)4)24(5,6)7;/h10-11,13-15,27H,8-9,12H2,1-7H3;. The van der Waals surface area contributed by atoms with Crippen molar-refractivity contribution in [1.82, 2.24) is 0 Å². The van der Waals surface area contributed by atoms with Crippen LogP contribution < -0.4 is 10.0 Å². The molecule has 1 atom stereocenters. The fraction of sp³-hybridized carbons (Fsp3) is 0.458. The number of benzene rings is 2. The van der Waals surface area contributed by atoms with Gasteiger partial charge in [-0.2, -0.15) is 0 Å². The number of carbonyl (C=O) groups excluding carboxylic acids is 1. The molecule has 2 rings (SSSR count). The predicted molar refractivity (Wildman–Crippen MR) is 124 cm³/mol. The Morgan fingerprint density at radius 2 is 1.61 bits per heavy atom. The Morgan fingerprint density at radius 1 is 1.00 bits per heavy atom. The van der Waals surface area contributed by atoms with Crippen molar-refractivity contribution in [3.05, 3.63) is 58.1 Å². The number of ether oxygens (including phenoxy) is 1. The molecule has 2 aromatic rings. The first-order chi connectivity index (χ1) is 12.6. The van der Waals surface area contributed by atoms with Crippen molar-refractivity contribution in [2.24, 2.45) is 0 Å². The molecule has 0 aliphatic heterocycles. The van der Waals surface area contributed by atoms with Gasteiger partial charge in [0.05, 0.1) is 6.61 Å². The summed E-state index contributed by atoms with van der Waals surface area (Å²) in [7, 11) is 0.135. The molecule has 2 aromatic carbocycles. The minimum absolute atomic E-state index is 0. The molecule has 0 aliphatic rings. The largest absolute Gasteiger partial charge is 0.494 e. The molecule has 0 aromatic heterocycles. The van der Waals surface area contributed by atoms with Crippen molar-refractivity contribution >= 4 is 38.3 Å². The van der Waals surface area contributed by atoms with Crippen molar-refractivity contribution in [2.45, 2.75) is 66.7 Å². The summed E-state index contributed by atoms with van der Waals surface area (Å²) in [5.74, 6) is 0.892. The molecule has 0 aliphatic carbocycles. The molecule has 0 heterocycles. The number of unbranched alkanes of at least 4 members (excludes halogenated alkanes) is 1. The number of rotatable bonds is 7. The summed E-state index contributed by atoms with van der Waals surface area (Å²) in [4.78, 5) is 13.0. The van der Waals surface area contributed by atoms with E-state index < -0.39 is 0 Å². The SMILES string of the molecule is CCCCOc1ccc(PC(=O)c2c(C)cc(C(C)(C)C)cc2C)c(C)c1.[Li]. The monoisotopic (exact) mass is 391 g/mol. The van der Waals surface area contributed by atoms with Crippen molar-refractivity contribution in [3.63, 3.8) is 0 Å². The quantitative estimate of drug-likeness (QED) is 0.336. The van der Waals surface area contributed by atoms with E-state index in [2.05, 4.69) is 60.6 Å². The van der Waals surface area contributed by atoms with Crippen LogP contribution in [0, 0.1) is 20.8 Å². The molecule has 4 heteroatoms. The van der Waals surface area contributed by atoms with Crippen LogP contribution in [0.5, 0.6) is 5.75 Å². The summed E-state index contributed by atoms with van der Waals surface area (Å²) in [6.07, 6.45) is 2.18. The van der Waals surface area contributed by atoms with Crippen LogP contribution >= 0.6 is 8.58 Å². The van der Waals surface area contributed by atoms with Gasteiger partial charge in [-0.15, -0.1) is 0 Å². The van der Waals surface area contributed by atoms with E-state index >= 15 is 0 Å². The Morgan fingerprint density at radius 3 is 2.11 bits per heavy atom. The van der Waals surface area contributed by atoms with Gasteiger partial charge in [0.1, 0.15) is 5.75 Å². The zero-order valence-electron chi connectivity index (χ0n) is 18.8. The van der Waals surface area contributed by atoms with E-state index in [4.69, 9.17) is 4.74 Å². The third kappa shape index (κ3) is 6.49. The molecular weight excluding hydrogens is 358 g/mol. The van der Waals surface area contributed by atoms with E-state index in [1.54, 1.807) is 0 Å². The number of hydrogen-bond acceptors (Lipinski definition) is 2. The van der Waals surface area contributed by atoms with Gasteiger partial charge < -0.3 is 4.74 Å². The molecule has 1 unspecified atom stereocenters. The van der Waals surface area contributed by atoms with Crippen LogP contribution in [0.1, 0.15) is 73.1 Å². The van der Waals surface area contributed by atoms with Gasteiger partial charge in [0.2, 0.25) is 0 Å². The van der Waals surface area contributed by atoms with Crippen LogP contribution in [0.4, 0.5) is 0 Å². The molecule has 2 nitrogen and oxygen atoms in total. The van der Waals surface area contributed by atoms with E-state index in [0.29, 0.717) is 0 Å². The Bertz CT molecular complexity index is 799. The van der Waals surface area contributed by atoms with E-state index in [-0.39, 0.29) is 38.4 Å². The fourth-order valence-electron chi connectivity index (χ4n) is 3.14. The average molecular weight is 391 g/mol. The zero-order valence-corrected chi connectivity index (χ0v) is 19.8. The Balaban J connectivity index is 0.00000392. The van der Waals surface area contributed by atoms with Crippen molar-refractivity contribution in [3.8, 4) is 5.75 Å². The van der Waals surface area contributed by atoms with Crippen molar-refractivity contribution in [2.75, 3.05) is 6.61 Å². The molecule has 0 spiro atoms. The summed E-state index contributed by atoms with van der Waals surface area (Å²) in [5.41, 5.74) is 5.74. The third-order valence-corrected chi connectivity index (χ3v) is 6.15. The first-order valence-corrected chi connectivity index (χ1v) is 10.8. The van der Waals surface area contributed by atoms with Gasteiger partial charge in [0.25, 0.3) is 0 Å². The van der Waals surface area contributed by atoms with Crippen LogP contribution in [0.15, 0.2) is 30.3 Å². The van der Waals surface area contributed by atoms with E-state index in [1.165, 1.54) is 5.56 Å². The average Bonchev–Trinajstić information content (AvgIpc) is 2.56. The second-order valence-corrected chi connectivity index (χ2v) is 9.61.